The Morgan fingerprint density at radius 1 is 1.44 bits per heavy atom. The minimum Gasteiger partial charge on any atom is -0.482 e. The van der Waals surface area contributed by atoms with Crippen molar-refractivity contribution in [3.05, 3.63) is 35.8 Å². The van der Waals surface area contributed by atoms with Crippen LogP contribution in [0.2, 0.25) is 0 Å². The lowest BCUT2D eigenvalue weighted by Crippen LogP contribution is -2.09. The van der Waals surface area contributed by atoms with Crippen LogP contribution in [0.4, 0.5) is 0 Å². The predicted molar refractivity (Wildman–Crippen MR) is 67.9 cm³/mol. The highest BCUT2D eigenvalue weighted by Gasteiger charge is 2.15. The Morgan fingerprint density at radius 2 is 2.25 bits per heavy atom. The lowest BCUT2D eigenvalue weighted by molar-refractivity contribution is 0.336. The van der Waals surface area contributed by atoms with Gasteiger partial charge < -0.3 is 4.74 Å². The van der Waals surface area contributed by atoms with Gasteiger partial charge in [-0.2, -0.15) is 0 Å². The fourth-order valence-corrected chi connectivity index (χ4v) is 2.04. The first-order valence-electron chi connectivity index (χ1n) is 5.41. The van der Waals surface area contributed by atoms with Crippen LogP contribution in [0.5, 0.6) is 0 Å². The van der Waals surface area contributed by atoms with Crippen LogP contribution in [0.3, 0.4) is 0 Å². The molecular weight excluding hydrogens is 220 g/mol. The fourth-order valence-electron chi connectivity index (χ4n) is 1.71. The lowest BCUT2D eigenvalue weighted by atomic mass is 10.3. The van der Waals surface area contributed by atoms with E-state index in [9.17, 15) is 0 Å². The zero-order valence-electron chi connectivity index (χ0n) is 9.43. The smallest absolute Gasteiger partial charge is 0.210 e. The van der Waals surface area contributed by atoms with Crippen molar-refractivity contribution in [2.24, 2.45) is 0 Å². The van der Waals surface area contributed by atoms with Gasteiger partial charge in [0.15, 0.2) is 0 Å². The zero-order valence-corrected chi connectivity index (χ0v) is 10.3. The van der Waals surface area contributed by atoms with E-state index < -0.39 is 0 Å². The fraction of sp³-hybridized carbons (Fsp3) is 0.333. The standard InChI is InChI=1S/C12H14N2OS/c1-3-9-11(12(16)15-4-2)14-8-6-5-7-10(14)13-9/h5-8H,3-4H2,1-2H3. The summed E-state index contributed by atoms with van der Waals surface area (Å²) in [5.41, 5.74) is 2.82. The quantitative estimate of drug-likeness (QED) is 0.764. The number of aromatic nitrogens is 2. The highest BCUT2D eigenvalue weighted by Crippen LogP contribution is 2.15. The number of fused-ring (bicyclic) bond motifs is 1. The van der Waals surface area contributed by atoms with E-state index >= 15 is 0 Å². The van der Waals surface area contributed by atoms with Crippen LogP contribution in [0.1, 0.15) is 25.2 Å². The van der Waals surface area contributed by atoms with Crippen LogP contribution in [0.15, 0.2) is 24.4 Å². The maximum Gasteiger partial charge on any atom is 0.210 e. The minimum atomic E-state index is 0.526. The van der Waals surface area contributed by atoms with E-state index in [0.29, 0.717) is 11.7 Å². The lowest BCUT2D eigenvalue weighted by Gasteiger charge is -2.06. The first-order chi connectivity index (χ1) is 7.77. The Labute approximate surface area is 100 Å². The summed E-state index contributed by atoms with van der Waals surface area (Å²) in [6.45, 7) is 4.59. The first-order valence-corrected chi connectivity index (χ1v) is 5.81. The molecule has 0 fully saturated rings. The van der Waals surface area contributed by atoms with Crippen molar-refractivity contribution in [1.82, 2.24) is 9.38 Å². The molecule has 0 saturated heterocycles. The molecular formula is C12H14N2OS. The highest BCUT2D eigenvalue weighted by atomic mass is 32.1. The number of imidazole rings is 1. The SMILES string of the molecule is CCOC(=S)c1c(CC)nc2ccccn12. The molecule has 0 saturated carbocycles. The summed E-state index contributed by atoms with van der Waals surface area (Å²) < 4.78 is 7.39. The van der Waals surface area contributed by atoms with E-state index in [4.69, 9.17) is 17.0 Å². The molecule has 2 heterocycles. The molecule has 2 aromatic rings. The van der Waals surface area contributed by atoms with Crippen LogP contribution in [-0.2, 0) is 11.2 Å². The monoisotopic (exact) mass is 234 g/mol. The summed E-state index contributed by atoms with van der Waals surface area (Å²) in [6.07, 6.45) is 2.81. The molecule has 0 bridgehead atoms. The first kappa shape index (κ1) is 11.1. The molecule has 2 rings (SSSR count). The van der Waals surface area contributed by atoms with Crippen LogP contribution in [0, 0.1) is 0 Å². The number of hydrogen-bond donors (Lipinski definition) is 0. The molecule has 0 amide bonds. The average Bonchev–Trinajstić information content (AvgIpc) is 2.67. The molecule has 16 heavy (non-hydrogen) atoms. The Morgan fingerprint density at radius 3 is 2.94 bits per heavy atom. The van der Waals surface area contributed by atoms with Crippen molar-refractivity contribution in [1.29, 1.82) is 0 Å². The Hall–Kier alpha value is -1.42. The van der Waals surface area contributed by atoms with E-state index in [-0.39, 0.29) is 0 Å². The van der Waals surface area contributed by atoms with Crippen LogP contribution < -0.4 is 0 Å². The van der Waals surface area contributed by atoms with Crippen molar-refractivity contribution >= 4 is 22.9 Å². The number of rotatable bonds is 3. The van der Waals surface area contributed by atoms with Crippen molar-refractivity contribution in [3.8, 4) is 0 Å². The van der Waals surface area contributed by atoms with Crippen molar-refractivity contribution < 1.29 is 4.74 Å². The Kier molecular flexibility index (Phi) is 3.19. The molecule has 0 unspecified atom stereocenters. The maximum absolute atomic E-state index is 5.41. The van der Waals surface area contributed by atoms with Gasteiger partial charge in [-0.3, -0.25) is 4.40 Å². The van der Waals surface area contributed by atoms with Crippen LogP contribution >= 0.6 is 12.2 Å². The van der Waals surface area contributed by atoms with Gasteiger partial charge in [-0.15, -0.1) is 0 Å². The van der Waals surface area contributed by atoms with Gasteiger partial charge in [-0.1, -0.05) is 13.0 Å². The average molecular weight is 234 g/mol. The number of pyridine rings is 1. The van der Waals surface area contributed by atoms with Gasteiger partial charge in [0, 0.05) is 6.20 Å². The Bertz CT molecular complexity index is 519. The molecule has 0 aromatic carbocycles. The largest absolute Gasteiger partial charge is 0.482 e. The van der Waals surface area contributed by atoms with E-state index in [2.05, 4.69) is 11.9 Å². The molecule has 3 nitrogen and oxygen atoms in total. The summed E-state index contributed by atoms with van der Waals surface area (Å²) in [7, 11) is 0. The van der Waals surface area contributed by atoms with E-state index in [0.717, 1.165) is 23.5 Å². The van der Waals surface area contributed by atoms with Gasteiger partial charge >= 0.3 is 0 Å². The number of nitrogens with zero attached hydrogens (tertiary/aromatic N) is 2. The summed E-state index contributed by atoms with van der Waals surface area (Å²) in [4.78, 5) is 4.53. The van der Waals surface area contributed by atoms with Crippen LogP contribution in [0.25, 0.3) is 5.65 Å². The molecule has 0 atom stereocenters. The van der Waals surface area contributed by atoms with E-state index in [1.54, 1.807) is 0 Å². The number of aryl methyl sites for hydroxylation is 1. The summed E-state index contributed by atoms with van der Waals surface area (Å²) in [5.74, 6) is 0. The van der Waals surface area contributed by atoms with Crippen molar-refractivity contribution in [3.63, 3.8) is 0 Å². The second-order valence-corrected chi connectivity index (χ2v) is 3.78. The van der Waals surface area contributed by atoms with Gasteiger partial charge in [-0.05, 0) is 37.7 Å². The van der Waals surface area contributed by atoms with Gasteiger partial charge in [0.1, 0.15) is 11.3 Å². The molecule has 4 heteroatoms. The second-order valence-electron chi connectivity index (χ2n) is 3.41. The molecule has 0 radical (unpaired) electrons. The molecule has 0 aliphatic heterocycles. The molecule has 0 N–H and O–H groups in total. The second kappa shape index (κ2) is 4.61. The van der Waals surface area contributed by atoms with Gasteiger partial charge in [-0.25, -0.2) is 4.98 Å². The third kappa shape index (κ3) is 1.80. The maximum atomic E-state index is 5.41. The van der Waals surface area contributed by atoms with E-state index in [1.165, 1.54) is 0 Å². The molecule has 2 aromatic heterocycles. The van der Waals surface area contributed by atoms with E-state index in [1.807, 2.05) is 35.7 Å². The molecule has 0 aliphatic carbocycles. The van der Waals surface area contributed by atoms with Gasteiger partial charge in [0.2, 0.25) is 5.05 Å². The van der Waals surface area contributed by atoms with Crippen molar-refractivity contribution in [2.75, 3.05) is 6.61 Å². The summed E-state index contributed by atoms with van der Waals surface area (Å²) in [6, 6.07) is 5.90. The Balaban J connectivity index is 2.60. The number of hydrogen-bond acceptors (Lipinski definition) is 3. The highest BCUT2D eigenvalue weighted by molar-refractivity contribution is 7.80. The van der Waals surface area contributed by atoms with Crippen LogP contribution in [-0.4, -0.2) is 21.0 Å². The third-order valence-electron chi connectivity index (χ3n) is 2.41. The normalized spacial score (nSPS) is 10.6. The molecule has 84 valence electrons. The summed E-state index contributed by atoms with van der Waals surface area (Å²) >= 11 is 5.27. The van der Waals surface area contributed by atoms with Gasteiger partial charge in [0.25, 0.3) is 0 Å². The molecule has 0 spiro atoms. The van der Waals surface area contributed by atoms with Gasteiger partial charge in [0.05, 0.1) is 12.3 Å². The minimum absolute atomic E-state index is 0.526. The third-order valence-corrected chi connectivity index (χ3v) is 2.72. The number of ether oxygens (including phenoxy) is 1. The molecule has 0 aliphatic rings. The summed E-state index contributed by atoms with van der Waals surface area (Å²) in [5, 5.41) is 0.526. The topological polar surface area (TPSA) is 26.5 Å². The van der Waals surface area contributed by atoms with Crippen molar-refractivity contribution in [2.45, 2.75) is 20.3 Å². The number of thiocarbonyl (C=S) groups is 1. The predicted octanol–water partition coefficient (Wildman–Crippen LogP) is 2.61. The zero-order chi connectivity index (χ0) is 11.5.